The van der Waals surface area contributed by atoms with Gasteiger partial charge in [0.05, 0.1) is 25.3 Å². The number of piperidine rings is 1. The van der Waals surface area contributed by atoms with Crippen molar-refractivity contribution in [3.05, 3.63) is 59.7 Å². The minimum Gasteiger partial charge on any atom is -0.495 e. The van der Waals surface area contributed by atoms with Gasteiger partial charge in [-0.05, 0) is 42.5 Å². The number of benzene rings is 2. The predicted molar refractivity (Wildman–Crippen MR) is 121 cm³/mol. The second kappa shape index (κ2) is 9.41. The summed E-state index contributed by atoms with van der Waals surface area (Å²) < 4.78 is 5.52. The van der Waals surface area contributed by atoms with Crippen LogP contribution in [0.3, 0.4) is 0 Å². The number of para-hydroxylation sites is 2. The van der Waals surface area contributed by atoms with Gasteiger partial charge in [0.15, 0.2) is 0 Å². The van der Waals surface area contributed by atoms with Gasteiger partial charge in [0, 0.05) is 32.6 Å². The minimum atomic E-state index is -0.198. The molecular formula is C25H31N3O3. The van der Waals surface area contributed by atoms with E-state index in [2.05, 4.69) is 22.3 Å². The van der Waals surface area contributed by atoms with E-state index in [1.165, 1.54) is 5.56 Å². The van der Waals surface area contributed by atoms with Crippen molar-refractivity contribution in [3.8, 4) is 5.75 Å². The Morgan fingerprint density at radius 1 is 1.10 bits per heavy atom. The maximum atomic E-state index is 13.0. The van der Waals surface area contributed by atoms with Crippen LogP contribution in [0.1, 0.15) is 43.4 Å². The Hall–Kier alpha value is -3.02. The molecule has 164 valence electrons. The van der Waals surface area contributed by atoms with E-state index in [4.69, 9.17) is 4.74 Å². The van der Waals surface area contributed by atoms with Crippen LogP contribution in [0.5, 0.6) is 5.75 Å². The van der Waals surface area contributed by atoms with Crippen molar-refractivity contribution in [3.63, 3.8) is 0 Å². The molecule has 2 amide bonds. The van der Waals surface area contributed by atoms with E-state index in [9.17, 15) is 9.59 Å². The summed E-state index contributed by atoms with van der Waals surface area (Å²) >= 11 is 0. The van der Waals surface area contributed by atoms with Crippen LogP contribution in [-0.2, 0) is 16.0 Å². The van der Waals surface area contributed by atoms with Crippen molar-refractivity contribution in [2.24, 2.45) is 0 Å². The van der Waals surface area contributed by atoms with E-state index >= 15 is 0 Å². The highest BCUT2D eigenvalue weighted by Crippen LogP contribution is 2.33. The number of ether oxygens (including phenoxy) is 1. The van der Waals surface area contributed by atoms with Crippen molar-refractivity contribution < 1.29 is 14.3 Å². The number of carbonyl (C=O) groups excluding carboxylic acids is 2. The molecule has 2 aliphatic rings. The van der Waals surface area contributed by atoms with Gasteiger partial charge in [0.1, 0.15) is 5.75 Å². The Labute approximate surface area is 184 Å². The van der Waals surface area contributed by atoms with Crippen molar-refractivity contribution >= 4 is 17.5 Å². The molecule has 1 N–H and O–H groups in total. The first-order valence-electron chi connectivity index (χ1n) is 11.1. The highest BCUT2D eigenvalue weighted by atomic mass is 16.5. The summed E-state index contributed by atoms with van der Waals surface area (Å²) in [7, 11) is 1.69. The molecular weight excluding hydrogens is 390 g/mol. The number of nitrogens with zero attached hydrogens (tertiary/aromatic N) is 2. The number of rotatable bonds is 5. The molecule has 0 radical (unpaired) electrons. The Morgan fingerprint density at radius 3 is 2.68 bits per heavy atom. The van der Waals surface area contributed by atoms with Crippen molar-refractivity contribution in [1.82, 2.24) is 10.2 Å². The molecule has 0 aromatic heterocycles. The highest BCUT2D eigenvalue weighted by molar-refractivity contribution is 5.80. The lowest BCUT2D eigenvalue weighted by Gasteiger charge is -2.38. The third-order valence-corrected chi connectivity index (χ3v) is 6.41. The maximum absolute atomic E-state index is 13.0. The molecule has 2 aliphatic heterocycles. The molecule has 2 heterocycles. The van der Waals surface area contributed by atoms with Crippen LogP contribution in [0.2, 0.25) is 0 Å². The van der Waals surface area contributed by atoms with Crippen molar-refractivity contribution in [1.29, 1.82) is 0 Å². The summed E-state index contributed by atoms with van der Waals surface area (Å²) in [5.41, 5.74) is 3.39. The number of anilines is 1. The molecule has 4 rings (SSSR count). The third kappa shape index (κ3) is 4.68. The second-order valence-corrected chi connectivity index (χ2v) is 8.41. The molecule has 2 atom stereocenters. The van der Waals surface area contributed by atoms with Crippen LogP contribution < -0.4 is 15.0 Å². The third-order valence-electron chi connectivity index (χ3n) is 6.41. The van der Waals surface area contributed by atoms with Crippen LogP contribution in [-0.4, -0.2) is 49.5 Å². The average molecular weight is 422 g/mol. The molecule has 0 aliphatic carbocycles. The van der Waals surface area contributed by atoms with Crippen LogP contribution >= 0.6 is 0 Å². The van der Waals surface area contributed by atoms with Gasteiger partial charge in [-0.2, -0.15) is 0 Å². The molecule has 2 aromatic rings. The first kappa shape index (κ1) is 21.2. The van der Waals surface area contributed by atoms with Crippen LogP contribution in [0.15, 0.2) is 48.5 Å². The molecule has 2 aromatic carbocycles. The topological polar surface area (TPSA) is 61.9 Å². The van der Waals surface area contributed by atoms with Gasteiger partial charge >= 0.3 is 0 Å². The van der Waals surface area contributed by atoms with Gasteiger partial charge in [-0.15, -0.1) is 0 Å². The molecule has 6 nitrogen and oxygen atoms in total. The van der Waals surface area contributed by atoms with Gasteiger partial charge in [-0.1, -0.05) is 36.4 Å². The van der Waals surface area contributed by atoms with E-state index in [-0.39, 0.29) is 23.9 Å². The lowest BCUT2D eigenvalue weighted by molar-refractivity contribution is -0.133. The summed E-state index contributed by atoms with van der Waals surface area (Å²) in [6.45, 7) is 3.95. The van der Waals surface area contributed by atoms with Crippen molar-refractivity contribution in [2.45, 2.75) is 44.7 Å². The van der Waals surface area contributed by atoms with E-state index in [0.29, 0.717) is 13.0 Å². The number of methoxy groups -OCH3 is 1. The molecule has 2 unspecified atom stereocenters. The smallest absolute Gasteiger partial charge is 0.222 e. The second-order valence-electron chi connectivity index (χ2n) is 8.41. The molecule has 1 fully saturated rings. The Morgan fingerprint density at radius 2 is 1.87 bits per heavy atom. The predicted octanol–water partition coefficient (Wildman–Crippen LogP) is 3.32. The summed E-state index contributed by atoms with van der Waals surface area (Å²) in [5, 5.41) is 3.23. The number of hydrogen-bond donors (Lipinski definition) is 1. The van der Waals surface area contributed by atoms with Gasteiger partial charge in [0.25, 0.3) is 0 Å². The number of carbonyl (C=O) groups is 2. The average Bonchev–Trinajstić information content (AvgIpc) is 2.79. The fourth-order valence-electron chi connectivity index (χ4n) is 4.92. The minimum absolute atomic E-state index is 0.000158. The zero-order valence-electron chi connectivity index (χ0n) is 18.3. The fourth-order valence-corrected chi connectivity index (χ4v) is 4.92. The lowest BCUT2D eigenvalue weighted by Crippen LogP contribution is -2.49. The highest BCUT2D eigenvalue weighted by Gasteiger charge is 2.31. The van der Waals surface area contributed by atoms with Gasteiger partial charge in [0.2, 0.25) is 11.8 Å². The summed E-state index contributed by atoms with van der Waals surface area (Å²) in [6, 6.07) is 16.0. The first-order valence-corrected chi connectivity index (χ1v) is 11.1. The lowest BCUT2D eigenvalue weighted by atomic mass is 9.90. The first-order chi connectivity index (χ1) is 15.1. The molecule has 0 spiro atoms. The van der Waals surface area contributed by atoms with E-state index in [1.807, 2.05) is 41.3 Å². The van der Waals surface area contributed by atoms with Crippen LogP contribution in [0, 0.1) is 0 Å². The Balaban J connectivity index is 1.44. The number of fused-ring (bicyclic) bond motifs is 1. The maximum Gasteiger partial charge on any atom is 0.222 e. The fraction of sp³-hybridized carbons (Fsp3) is 0.440. The zero-order valence-corrected chi connectivity index (χ0v) is 18.3. The summed E-state index contributed by atoms with van der Waals surface area (Å²) in [6.07, 6.45) is 3.09. The van der Waals surface area contributed by atoms with Gasteiger partial charge in [-0.3, -0.25) is 9.59 Å². The zero-order chi connectivity index (χ0) is 21.8. The molecule has 31 heavy (non-hydrogen) atoms. The van der Waals surface area contributed by atoms with E-state index in [1.54, 1.807) is 14.0 Å². The monoisotopic (exact) mass is 421 g/mol. The number of nitrogens with one attached hydrogen (secondary N) is 1. The van der Waals surface area contributed by atoms with E-state index in [0.717, 1.165) is 49.4 Å². The standard InChI is InChI=1S/C25H31N3O3/c1-18(29)28-15-13-19-8-3-4-10-21(19)23(28)16-25(30)26-20-9-7-14-27(17-20)22-11-5-6-12-24(22)31-2/h3-6,8,10-12,20,23H,7,9,13-17H2,1-2H3,(H,26,30). The molecule has 1 saturated heterocycles. The normalized spacial score (nSPS) is 20.7. The van der Waals surface area contributed by atoms with E-state index < -0.39 is 0 Å². The Kier molecular flexibility index (Phi) is 6.44. The number of hydrogen-bond acceptors (Lipinski definition) is 4. The van der Waals surface area contributed by atoms with Crippen LogP contribution in [0.25, 0.3) is 0 Å². The van der Waals surface area contributed by atoms with Gasteiger partial charge < -0.3 is 19.9 Å². The van der Waals surface area contributed by atoms with Crippen LogP contribution in [0.4, 0.5) is 5.69 Å². The summed E-state index contributed by atoms with van der Waals surface area (Å²) in [5.74, 6) is 0.873. The van der Waals surface area contributed by atoms with Crippen molar-refractivity contribution in [2.75, 3.05) is 31.6 Å². The molecule has 0 bridgehead atoms. The largest absolute Gasteiger partial charge is 0.495 e. The molecule has 0 saturated carbocycles. The van der Waals surface area contributed by atoms with Gasteiger partial charge in [-0.25, -0.2) is 0 Å². The summed E-state index contributed by atoms with van der Waals surface area (Å²) in [4.78, 5) is 29.4. The Bertz CT molecular complexity index is 945. The quantitative estimate of drug-likeness (QED) is 0.805. The number of amides is 2. The molecule has 6 heteroatoms. The SMILES string of the molecule is COc1ccccc1N1CCCC(NC(=O)CC2c3ccccc3CCN2C(C)=O)C1.